The van der Waals surface area contributed by atoms with E-state index in [0.717, 1.165) is 22.7 Å². The predicted octanol–water partition coefficient (Wildman–Crippen LogP) is 4.55. The number of H-pyrrole nitrogens is 1. The van der Waals surface area contributed by atoms with Gasteiger partial charge < -0.3 is 10.2 Å². The normalized spacial score (nSPS) is 13.2. The molecule has 0 saturated heterocycles. The Morgan fingerprint density at radius 3 is 2.75 bits per heavy atom. The summed E-state index contributed by atoms with van der Waals surface area (Å²) in [5, 5.41) is 8.20. The van der Waals surface area contributed by atoms with E-state index in [1.807, 2.05) is 31.2 Å². The van der Waals surface area contributed by atoms with Gasteiger partial charge >= 0.3 is 5.76 Å². The number of rotatable bonds is 7. The van der Waals surface area contributed by atoms with E-state index in [0.29, 0.717) is 15.5 Å². The Bertz CT molecular complexity index is 1360. The lowest BCUT2D eigenvalue weighted by Crippen LogP contribution is -2.22. The van der Waals surface area contributed by atoms with Crippen LogP contribution in [0.1, 0.15) is 40.7 Å². The summed E-state index contributed by atoms with van der Waals surface area (Å²) in [6, 6.07) is 14.4. The van der Waals surface area contributed by atoms with Crippen molar-refractivity contribution in [2.24, 2.45) is 5.73 Å². The van der Waals surface area contributed by atoms with Crippen LogP contribution in [-0.4, -0.2) is 16.1 Å². The molecule has 1 heterocycles. The van der Waals surface area contributed by atoms with E-state index in [2.05, 4.69) is 14.9 Å². The van der Waals surface area contributed by atoms with E-state index < -0.39 is 17.7 Å². The summed E-state index contributed by atoms with van der Waals surface area (Å²) in [6.07, 6.45) is 0. The fourth-order valence-corrected chi connectivity index (χ4v) is 4.65. The largest absolute Gasteiger partial charge is 0.434 e. The van der Waals surface area contributed by atoms with Crippen LogP contribution in [0.5, 0.6) is 0 Å². The van der Waals surface area contributed by atoms with Crippen LogP contribution in [0.15, 0.2) is 68.7 Å². The van der Waals surface area contributed by atoms with Crippen LogP contribution in [0.25, 0.3) is 10.8 Å². The lowest BCUT2D eigenvalue weighted by atomic mass is 9.89. The molecule has 7 nitrogen and oxygen atoms in total. The second-order valence-corrected chi connectivity index (χ2v) is 8.47. The highest BCUT2D eigenvalue weighted by Gasteiger charge is 2.28. The van der Waals surface area contributed by atoms with Gasteiger partial charge in [0, 0.05) is 15.8 Å². The van der Waals surface area contributed by atoms with E-state index in [4.69, 9.17) is 21.8 Å². The van der Waals surface area contributed by atoms with Crippen LogP contribution in [0, 0.1) is 5.82 Å². The number of halogens is 2. The quantitative estimate of drug-likeness (QED) is 0.340. The van der Waals surface area contributed by atoms with Crippen molar-refractivity contribution in [2.75, 3.05) is 0 Å². The van der Waals surface area contributed by atoms with Crippen LogP contribution in [0.3, 0.4) is 0 Å². The molecule has 3 aromatic carbocycles. The monoisotopic (exact) mass is 472 g/mol. The summed E-state index contributed by atoms with van der Waals surface area (Å²) in [7, 11) is 0. The van der Waals surface area contributed by atoms with Crippen molar-refractivity contribution in [2.45, 2.75) is 23.8 Å². The van der Waals surface area contributed by atoms with E-state index in [1.165, 1.54) is 18.2 Å². The fraction of sp³-hybridized carbons (Fsp3) is 0.136. The molecule has 0 fully saturated rings. The van der Waals surface area contributed by atoms with Gasteiger partial charge in [0.1, 0.15) is 11.9 Å². The molecule has 2 atom stereocenters. The van der Waals surface area contributed by atoms with Gasteiger partial charge in [-0.05, 0) is 58.6 Å². The second-order valence-electron chi connectivity index (χ2n) is 7.16. The molecule has 164 valence electrons. The van der Waals surface area contributed by atoms with E-state index in [1.54, 1.807) is 12.1 Å². The van der Waals surface area contributed by atoms with Crippen molar-refractivity contribution < 1.29 is 13.6 Å². The SMILES string of the molecule is CC(c1cc(F)cc2ccccc12)[C@H](NSc1ccc(Cl)cc1C(N)=O)c1n[nH]c(=O)o1. The van der Waals surface area contributed by atoms with Crippen LogP contribution < -0.4 is 16.2 Å². The zero-order chi connectivity index (χ0) is 22.8. The number of hydrogen-bond donors (Lipinski definition) is 3. The molecule has 4 aromatic rings. The summed E-state index contributed by atoms with van der Waals surface area (Å²) < 4.78 is 22.8. The molecule has 0 radical (unpaired) electrons. The van der Waals surface area contributed by atoms with E-state index in [-0.39, 0.29) is 23.2 Å². The Kier molecular flexibility index (Phi) is 6.31. The Labute approximate surface area is 191 Å². The highest BCUT2D eigenvalue weighted by Crippen LogP contribution is 2.37. The van der Waals surface area contributed by atoms with Gasteiger partial charge in [0.25, 0.3) is 0 Å². The van der Waals surface area contributed by atoms with Crippen molar-refractivity contribution in [3.63, 3.8) is 0 Å². The van der Waals surface area contributed by atoms with Crippen molar-refractivity contribution in [1.29, 1.82) is 0 Å². The first-order valence-corrected chi connectivity index (χ1v) is 10.8. The number of amides is 1. The summed E-state index contributed by atoms with van der Waals surface area (Å²) in [6.45, 7) is 1.87. The van der Waals surface area contributed by atoms with Gasteiger partial charge in [-0.3, -0.25) is 4.79 Å². The number of nitrogens with one attached hydrogen (secondary N) is 2. The maximum atomic E-state index is 14.4. The number of carbonyl (C=O) groups excluding carboxylic acids is 1. The molecule has 4 N–H and O–H groups in total. The highest BCUT2D eigenvalue weighted by atomic mass is 35.5. The lowest BCUT2D eigenvalue weighted by Gasteiger charge is -2.24. The maximum absolute atomic E-state index is 14.4. The Morgan fingerprint density at radius 2 is 2.03 bits per heavy atom. The molecule has 0 spiro atoms. The minimum atomic E-state index is -0.711. The summed E-state index contributed by atoms with van der Waals surface area (Å²) in [5.74, 6) is -2.01. The highest BCUT2D eigenvalue weighted by molar-refractivity contribution is 7.97. The molecule has 0 aliphatic heterocycles. The topological polar surface area (TPSA) is 114 Å². The van der Waals surface area contributed by atoms with Crippen LogP contribution in [-0.2, 0) is 0 Å². The molecule has 4 rings (SSSR count). The van der Waals surface area contributed by atoms with Gasteiger partial charge in [-0.15, -0.1) is 5.10 Å². The number of hydrogen-bond acceptors (Lipinski definition) is 6. The Morgan fingerprint density at radius 1 is 1.25 bits per heavy atom. The van der Waals surface area contributed by atoms with Crippen LogP contribution >= 0.6 is 23.5 Å². The summed E-state index contributed by atoms with van der Waals surface area (Å²) in [5.41, 5.74) is 6.42. The van der Waals surface area contributed by atoms with Gasteiger partial charge in [0.2, 0.25) is 11.8 Å². The molecular weight excluding hydrogens is 455 g/mol. The number of nitrogens with two attached hydrogens (primary N) is 1. The van der Waals surface area contributed by atoms with Crippen LogP contribution in [0.2, 0.25) is 5.02 Å². The first kappa shape index (κ1) is 22.1. The van der Waals surface area contributed by atoms with Gasteiger partial charge in [-0.1, -0.05) is 42.8 Å². The van der Waals surface area contributed by atoms with Crippen LogP contribution in [0.4, 0.5) is 4.39 Å². The third kappa shape index (κ3) is 4.55. The Hall–Kier alpha value is -3.14. The summed E-state index contributed by atoms with van der Waals surface area (Å²) >= 11 is 7.10. The third-order valence-electron chi connectivity index (χ3n) is 5.07. The number of nitrogens with zero attached hydrogens (tertiary/aromatic N) is 1. The lowest BCUT2D eigenvalue weighted by molar-refractivity contribution is 0.0997. The number of fused-ring (bicyclic) bond motifs is 1. The second kappa shape index (κ2) is 9.15. The molecule has 0 aliphatic carbocycles. The van der Waals surface area contributed by atoms with Gasteiger partial charge in [-0.2, -0.15) is 0 Å². The molecule has 1 unspecified atom stereocenters. The molecule has 0 aliphatic rings. The first-order chi connectivity index (χ1) is 15.3. The molecule has 0 saturated carbocycles. The van der Waals surface area contributed by atoms with E-state index in [9.17, 15) is 14.0 Å². The van der Waals surface area contributed by atoms with Gasteiger partial charge in [-0.25, -0.2) is 19.0 Å². The number of aromatic nitrogens is 2. The maximum Gasteiger partial charge on any atom is 0.434 e. The van der Waals surface area contributed by atoms with E-state index >= 15 is 0 Å². The molecule has 1 aromatic heterocycles. The Balaban J connectivity index is 1.73. The fourth-order valence-electron chi connectivity index (χ4n) is 3.51. The molecular formula is C22H18ClFN4O3S. The van der Waals surface area contributed by atoms with Crippen molar-refractivity contribution >= 4 is 40.2 Å². The van der Waals surface area contributed by atoms with Gasteiger partial charge in [0.15, 0.2) is 0 Å². The van der Waals surface area contributed by atoms with Crippen molar-refractivity contribution in [3.8, 4) is 0 Å². The van der Waals surface area contributed by atoms with Crippen molar-refractivity contribution in [1.82, 2.24) is 14.9 Å². The molecule has 0 bridgehead atoms. The molecule has 1 amide bonds. The third-order valence-corrected chi connectivity index (χ3v) is 6.26. The average molecular weight is 473 g/mol. The zero-order valence-corrected chi connectivity index (χ0v) is 18.3. The average Bonchev–Trinajstić information content (AvgIpc) is 3.19. The standard InChI is InChI=1S/C22H18ClFN4O3S/c1-11(16-10-14(24)8-12-4-2-3-5-15(12)16)19(21-26-27-22(30)31-21)28-32-18-7-6-13(23)9-17(18)20(25)29/h2-11,19,28H,1H3,(H2,25,29)(H,27,30)/t11?,19-/m0/s1. The zero-order valence-electron chi connectivity index (χ0n) is 16.8. The predicted molar refractivity (Wildman–Crippen MR) is 121 cm³/mol. The first-order valence-electron chi connectivity index (χ1n) is 9.59. The number of carbonyl (C=O) groups is 1. The number of aromatic amines is 1. The minimum absolute atomic E-state index is 0.0953. The molecule has 32 heavy (non-hydrogen) atoms. The molecule has 10 heteroatoms. The number of benzene rings is 3. The minimum Gasteiger partial charge on any atom is -0.391 e. The summed E-state index contributed by atoms with van der Waals surface area (Å²) in [4.78, 5) is 24.0. The van der Waals surface area contributed by atoms with Gasteiger partial charge in [0.05, 0.1) is 5.56 Å². The number of primary amides is 1. The van der Waals surface area contributed by atoms with Crippen molar-refractivity contribution in [3.05, 3.63) is 93.0 Å². The smallest absolute Gasteiger partial charge is 0.391 e.